The van der Waals surface area contributed by atoms with Crippen LogP contribution in [-0.2, 0) is 0 Å². The fourth-order valence-electron chi connectivity index (χ4n) is 2.20. The van der Waals surface area contributed by atoms with Crippen LogP contribution in [0, 0.1) is 0 Å². The maximum absolute atomic E-state index is 12.3. The molecule has 5 nitrogen and oxygen atoms in total. The molecular formula is C16H17ClN4O. The van der Waals surface area contributed by atoms with E-state index in [1.54, 1.807) is 30.6 Å². The Hall–Kier alpha value is -2.37. The Balaban J connectivity index is 0.00000176. The Kier molecular flexibility index (Phi) is 4.80. The number of benzene rings is 1. The van der Waals surface area contributed by atoms with Gasteiger partial charge in [0.25, 0.3) is 5.91 Å². The number of aromatic amines is 1. The van der Waals surface area contributed by atoms with Gasteiger partial charge in [0.15, 0.2) is 0 Å². The molecule has 3 aromatic rings. The monoisotopic (exact) mass is 316 g/mol. The first-order chi connectivity index (χ1) is 10.1. The third-order valence-electron chi connectivity index (χ3n) is 3.41. The van der Waals surface area contributed by atoms with Crippen LogP contribution in [0.5, 0.6) is 0 Å². The summed E-state index contributed by atoms with van der Waals surface area (Å²) in [6.07, 6.45) is 3.46. The van der Waals surface area contributed by atoms with E-state index in [-0.39, 0.29) is 24.4 Å². The molecule has 1 atom stereocenters. The molecule has 0 saturated carbocycles. The zero-order valence-electron chi connectivity index (χ0n) is 12.0. The van der Waals surface area contributed by atoms with Crippen LogP contribution in [0.2, 0.25) is 0 Å². The molecule has 2 aromatic heterocycles. The molecule has 2 heterocycles. The lowest BCUT2D eigenvalue weighted by atomic mass is 10.1. The van der Waals surface area contributed by atoms with Crippen LogP contribution in [0.15, 0.2) is 48.8 Å². The summed E-state index contributed by atoms with van der Waals surface area (Å²) >= 11 is 0. The number of fused-ring (bicyclic) bond motifs is 1. The molecule has 0 aliphatic heterocycles. The lowest BCUT2D eigenvalue weighted by Crippen LogP contribution is -2.12. The Morgan fingerprint density at radius 1 is 1.23 bits per heavy atom. The van der Waals surface area contributed by atoms with Gasteiger partial charge in [-0.25, -0.2) is 4.98 Å². The Labute approximate surface area is 134 Å². The highest BCUT2D eigenvalue weighted by atomic mass is 35.5. The first kappa shape index (κ1) is 16.0. The molecule has 0 aliphatic carbocycles. The Morgan fingerprint density at radius 3 is 2.64 bits per heavy atom. The summed E-state index contributed by atoms with van der Waals surface area (Å²) in [6.45, 7) is 1.91. The predicted octanol–water partition coefficient (Wildman–Crippen LogP) is 3.26. The largest absolute Gasteiger partial charge is 0.346 e. The minimum absolute atomic E-state index is 0. The van der Waals surface area contributed by atoms with Crippen LogP contribution in [0.25, 0.3) is 11.0 Å². The SMILES string of the molecule is CC(N)c1ccc(C(=O)Nc2ccnc3[nH]ccc23)cc1.Cl. The van der Waals surface area contributed by atoms with Crippen molar-refractivity contribution >= 4 is 35.0 Å². The minimum Gasteiger partial charge on any atom is -0.346 e. The second kappa shape index (κ2) is 6.60. The zero-order chi connectivity index (χ0) is 14.8. The van der Waals surface area contributed by atoms with E-state index in [4.69, 9.17) is 5.73 Å². The summed E-state index contributed by atoms with van der Waals surface area (Å²) in [5, 5.41) is 3.79. The van der Waals surface area contributed by atoms with E-state index in [2.05, 4.69) is 15.3 Å². The van der Waals surface area contributed by atoms with E-state index in [1.165, 1.54) is 0 Å². The first-order valence-corrected chi connectivity index (χ1v) is 6.74. The van der Waals surface area contributed by atoms with E-state index >= 15 is 0 Å². The molecule has 1 amide bonds. The summed E-state index contributed by atoms with van der Waals surface area (Å²) in [4.78, 5) is 19.5. The molecule has 22 heavy (non-hydrogen) atoms. The second-order valence-corrected chi connectivity index (χ2v) is 4.96. The van der Waals surface area contributed by atoms with Gasteiger partial charge in [0.05, 0.1) is 5.69 Å². The number of pyridine rings is 1. The number of hydrogen-bond donors (Lipinski definition) is 3. The number of rotatable bonds is 3. The van der Waals surface area contributed by atoms with Crippen molar-refractivity contribution in [3.05, 3.63) is 59.9 Å². The van der Waals surface area contributed by atoms with E-state index in [0.717, 1.165) is 22.3 Å². The average Bonchev–Trinajstić information content (AvgIpc) is 2.97. The fourth-order valence-corrected chi connectivity index (χ4v) is 2.20. The summed E-state index contributed by atoms with van der Waals surface area (Å²) in [6, 6.07) is 10.9. The summed E-state index contributed by atoms with van der Waals surface area (Å²) in [5.74, 6) is -0.153. The van der Waals surface area contributed by atoms with Crippen molar-refractivity contribution < 1.29 is 4.79 Å². The third kappa shape index (κ3) is 3.10. The molecule has 0 bridgehead atoms. The van der Waals surface area contributed by atoms with Crippen LogP contribution in [0.1, 0.15) is 28.9 Å². The molecule has 3 rings (SSSR count). The maximum atomic E-state index is 12.3. The molecule has 1 unspecified atom stereocenters. The van der Waals surface area contributed by atoms with Gasteiger partial charge in [0.2, 0.25) is 0 Å². The van der Waals surface area contributed by atoms with E-state index in [1.807, 2.05) is 25.1 Å². The van der Waals surface area contributed by atoms with Gasteiger partial charge < -0.3 is 16.0 Å². The highest BCUT2D eigenvalue weighted by Crippen LogP contribution is 2.21. The molecule has 1 aromatic carbocycles. The highest BCUT2D eigenvalue weighted by molar-refractivity contribution is 6.08. The van der Waals surface area contributed by atoms with Gasteiger partial charge in [0.1, 0.15) is 5.65 Å². The van der Waals surface area contributed by atoms with Crippen molar-refractivity contribution in [3.8, 4) is 0 Å². The summed E-state index contributed by atoms with van der Waals surface area (Å²) < 4.78 is 0. The normalized spacial score (nSPS) is 11.7. The van der Waals surface area contributed by atoms with Crippen molar-refractivity contribution in [3.63, 3.8) is 0 Å². The van der Waals surface area contributed by atoms with Crippen LogP contribution in [0.4, 0.5) is 5.69 Å². The van der Waals surface area contributed by atoms with Gasteiger partial charge in [-0.3, -0.25) is 4.79 Å². The van der Waals surface area contributed by atoms with Crippen molar-refractivity contribution in [1.82, 2.24) is 9.97 Å². The molecule has 6 heteroatoms. The minimum atomic E-state index is -0.153. The number of nitrogens with zero attached hydrogens (tertiary/aromatic N) is 1. The van der Waals surface area contributed by atoms with Gasteiger partial charge in [-0.1, -0.05) is 12.1 Å². The van der Waals surface area contributed by atoms with Gasteiger partial charge in [0, 0.05) is 29.4 Å². The maximum Gasteiger partial charge on any atom is 0.255 e. The first-order valence-electron chi connectivity index (χ1n) is 6.74. The predicted molar refractivity (Wildman–Crippen MR) is 90.3 cm³/mol. The molecular weight excluding hydrogens is 300 g/mol. The number of hydrogen-bond acceptors (Lipinski definition) is 3. The van der Waals surface area contributed by atoms with Crippen molar-refractivity contribution in [1.29, 1.82) is 0 Å². The lowest BCUT2D eigenvalue weighted by molar-refractivity contribution is 0.102. The molecule has 0 fully saturated rings. The van der Waals surface area contributed by atoms with Crippen molar-refractivity contribution in [2.45, 2.75) is 13.0 Å². The fraction of sp³-hybridized carbons (Fsp3) is 0.125. The number of aromatic nitrogens is 2. The lowest BCUT2D eigenvalue weighted by Gasteiger charge is -2.08. The number of H-pyrrole nitrogens is 1. The van der Waals surface area contributed by atoms with E-state index in [0.29, 0.717) is 5.56 Å². The third-order valence-corrected chi connectivity index (χ3v) is 3.41. The van der Waals surface area contributed by atoms with Gasteiger partial charge in [-0.05, 0) is 36.8 Å². The van der Waals surface area contributed by atoms with Crippen LogP contribution in [0.3, 0.4) is 0 Å². The number of nitrogens with two attached hydrogens (primary N) is 1. The molecule has 0 aliphatic rings. The number of carbonyl (C=O) groups excluding carboxylic acids is 1. The average molecular weight is 317 g/mol. The summed E-state index contributed by atoms with van der Waals surface area (Å²) in [7, 11) is 0. The number of anilines is 1. The Bertz CT molecular complexity index is 780. The number of halogens is 1. The molecule has 0 spiro atoms. The molecule has 114 valence electrons. The standard InChI is InChI=1S/C16H16N4O.ClH/c1-10(17)11-2-4-12(5-3-11)16(21)20-14-7-9-19-15-13(14)6-8-18-15;/h2-10H,17H2,1H3,(H2,18,19,20,21);1H. The van der Waals surface area contributed by atoms with E-state index in [9.17, 15) is 4.79 Å². The second-order valence-electron chi connectivity index (χ2n) is 4.96. The molecule has 0 radical (unpaired) electrons. The van der Waals surface area contributed by atoms with Crippen molar-refractivity contribution in [2.24, 2.45) is 5.73 Å². The number of nitrogens with one attached hydrogen (secondary N) is 2. The van der Waals surface area contributed by atoms with Gasteiger partial charge in [-0.15, -0.1) is 12.4 Å². The van der Waals surface area contributed by atoms with Crippen molar-refractivity contribution in [2.75, 3.05) is 5.32 Å². The van der Waals surface area contributed by atoms with Gasteiger partial charge in [-0.2, -0.15) is 0 Å². The van der Waals surface area contributed by atoms with Crippen LogP contribution < -0.4 is 11.1 Å². The smallest absolute Gasteiger partial charge is 0.255 e. The molecule has 4 N–H and O–H groups in total. The molecule has 0 saturated heterocycles. The highest BCUT2D eigenvalue weighted by Gasteiger charge is 2.09. The topological polar surface area (TPSA) is 83.8 Å². The van der Waals surface area contributed by atoms with E-state index < -0.39 is 0 Å². The zero-order valence-corrected chi connectivity index (χ0v) is 12.9. The summed E-state index contributed by atoms with van der Waals surface area (Å²) in [5.41, 5.74) is 8.89. The number of amides is 1. The van der Waals surface area contributed by atoms with Crippen LogP contribution in [-0.4, -0.2) is 15.9 Å². The van der Waals surface area contributed by atoms with Gasteiger partial charge >= 0.3 is 0 Å². The van der Waals surface area contributed by atoms with Crippen LogP contribution >= 0.6 is 12.4 Å². The number of carbonyl (C=O) groups is 1. The quantitative estimate of drug-likeness (QED) is 0.693. The Morgan fingerprint density at radius 2 is 1.95 bits per heavy atom.